The summed E-state index contributed by atoms with van der Waals surface area (Å²) in [6.07, 6.45) is 2.19. The molecular weight excluding hydrogens is 400 g/mol. The molecule has 1 unspecified atom stereocenters. The van der Waals surface area contributed by atoms with E-state index in [9.17, 15) is 14.4 Å². The van der Waals surface area contributed by atoms with Gasteiger partial charge in [-0.2, -0.15) is 0 Å². The summed E-state index contributed by atoms with van der Waals surface area (Å²) in [7, 11) is 1.30. The summed E-state index contributed by atoms with van der Waals surface area (Å²) in [4.78, 5) is 36.7. The Balaban J connectivity index is 1.37. The van der Waals surface area contributed by atoms with Gasteiger partial charge in [0, 0.05) is 29.1 Å². The van der Waals surface area contributed by atoms with E-state index in [1.807, 2.05) is 30.3 Å². The maximum atomic E-state index is 12.3. The van der Waals surface area contributed by atoms with Crippen LogP contribution in [-0.2, 0) is 25.6 Å². The standard InChI is InChI=1S/C23H22N2O6/c1-29-23(28)17-12-25(19-8-4-2-6-15(17)19)13-22(27)31-14-21(26)24-18-10-11-30-20-9-5-3-7-16(18)20/h2-9,12,18H,10-11,13-14H2,1H3,(H,24,26). The van der Waals surface area contributed by atoms with Crippen molar-refractivity contribution in [1.29, 1.82) is 0 Å². The van der Waals surface area contributed by atoms with Crippen LogP contribution in [0.15, 0.2) is 54.7 Å². The van der Waals surface area contributed by atoms with E-state index >= 15 is 0 Å². The molecule has 0 aliphatic carbocycles. The first kappa shape index (κ1) is 20.5. The van der Waals surface area contributed by atoms with Gasteiger partial charge in [-0.1, -0.05) is 36.4 Å². The van der Waals surface area contributed by atoms with E-state index < -0.39 is 11.9 Å². The van der Waals surface area contributed by atoms with E-state index in [1.54, 1.807) is 29.0 Å². The quantitative estimate of drug-likeness (QED) is 0.614. The second-order valence-corrected chi connectivity index (χ2v) is 7.14. The normalized spacial score (nSPS) is 14.9. The Labute approximate surface area is 178 Å². The molecule has 0 fully saturated rings. The average Bonchev–Trinajstić information content (AvgIpc) is 3.16. The third-order valence-corrected chi connectivity index (χ3v) is 5.15. The van der Waals surface area contributed by atoms with Crippen molar-refractivity contribution in [3.63, 3.8) is 0 Å². The topological polar surface area (TPSA) is 95.9 Å². The predicted octanol–water partition coefficient (Wildman–Crippen LogP) is 2.61. The number of methoxy groups -OCH3 is 1. The minimum Gasteiger partial charge on any atom is -0.493 e. The molecular formula is C23H22N2O6. The Morgan fingerprint density at radius 2 is 1.90 bits per heavy atom. The molecule has 160 valence electrons. The van der Waals surface area contributed by atoms with Crippen molar-refractivity contribution in [2.24, 2.45) is 0 Å². The zero-order valence-corrected chi connectivity index (χ0v) is 17.0. The van der Waals surface area contributed by atoms with E-state index in [1.165, 1.54) is 7.11 Å². The molecule has 1 N–H and O–H groups in total. The van der Waals surface area contributed by atoms with Crippen LogP contribution in [0.25, 0.3) is 10.9 Å². The zero-order chi connectivity index (χ0) is 21.8. The molecule has 2 heterocycles. The Morgan fingerprint density at radius 1 is 1.13 bits per heavy atom. The van der Waals surface area contributed by atoms with Crippen LogP contribution < -0.4 is 10.1 Å². The van der Waals surface area contributed by atoms with Crippen molar-refractivity contribution < 1.29 is 28.6 Å². The van der Waals surface area contributed by atoms with Gasteiger partial charge in [0.15, 0.2) is 6.61 Å². The molecule has 4 rings (SSSR count). The molecule has 0 radical (unpaired) electrons. The Kier molecular flexibility index (Phi) is 5.88. The molecule has 8 nitrogen and oxygen atoms in total. The van der Waals surface area contributed by atoms with Crippen molar-refractivity contribution in [2.45, 2.75) is 19.0 Å². The molecule has 1 amide bonds. The highest BCUT2D eigenvalue weighted by Crippen LogP contribution is 2.31. The van der Waals surface area contributed by atoms with Crippen LogP contribution in [-0.4, -0.2) is 42.7 Å². The molecule has 8 heteroatoms. The third-order valence-electron chi connectivity index (χ3n) is 5.15. The van der Waals surface area contributed by atoms with Crippen LogP contribution in [0, 0.1) is 0 Å². The lowest BCUT2D eigenvalue weighted by atomic mass is 10.0. The number of fused-ring (bicyclic) bond motifs is 2. The average molecular weight is 422 g/mol. The van der Waals surface area contributed by atoms with E-state index in [2.05, 4.69) is 5.32 Å². The fourth-order valence-corrected chi connectivity index (χ4v) is 3.71. The number of carbonyl (C=O) groups excluding carboxylic acids is 3. The van der Waals surface area contributed by atoms with E-state index in [-0.39, 0.29) is 25.1 Å². The number of rotatable bonds is 6. The summed E-state index contributed by atoms with van der Waals surface area (Å²) in [5, 5.41) is 3.57. The van der Waals surface area contributed by atoms with E-state index in [4.69, 9.17) is 14.2 Å². The van der Waals surface area contributed by atoms with Gasteiger partial charge in [-0.25, -0.2) is 4.79 Å². The van der Waals surface area contributed by atoms with E-state index in [0.717, 1.165) is 11.3 Å². The monoisotopic (exact) mass is 422 g/mol. The van der Waals surface area contributed by atoms with Gasteiger partial charge < -0.3 is 24.1 Å². The number of carbonyl (C=O) groups is 3. The van der Waals surface area contributed by atoms with Crippen molar-refractivity contribution in [2.75, 3.05) is 20.3 Å². The number of aromatic nitrogens is 1. The van der Waals surface area contributed by atoms with Crippen molar-refractivity contribution in [3.05, 3.63) is 65.9 Å². The molecule has 0 bridgehead atoms. The number of benzene rings is 2. The third kappa shape index (κ3) is 4.37. The Morgan fingerprint density at radius 3 is 2.74 bits per heavy atom. The number of hydrogen-bond donors (Lipinski definition) is 1. The van der Waals surface area contributed by atoms with Gasteiger partial charge in [-0.05, 0) is 12.1 Å². The van der Waals surface area contributed by atoms with Gasteiger partial charge in [0.05, 0.1) is 25.3 Å². The first-order valence-corrected chi connectivity index (χ1v) is 9.89. The molecule has 0 saturated carbocycles. The molecule has 1 aliphatic heterocycles. The van der Waals surface area contributed by atoms with E-state index in [0.29, 0.717) is 29.5 Å². The fraction of sp³-hybridized carbons (Fsp3) is 0.261. The van der Waals surface area contributed by atoms with Gasteiger partial charge >= 0.3 is 11.9 Å². The number of hydrogen-bond acceptors (Lipinski definition) is 6. The van der Waals surface area contributed by atoms with Gasteiger partial charge in [0.2, 0.25) is 0 Å². The van der Waals surface area contributed by atoms with Crippen molar-refractivity contribution in [1.82, 2.24) is 9.88 Å². The summed E-state index contributed by atoms with van der Waals surface area (Å²) in [5.41, 5.74) is 1.97. The number of esters is 2. The lowest BCUT2D eigenvalue weighted by Crippen LogP contribution is -2.35. The number of nitrogens with one attached hydrogen (secondary N) is 1. The summed E-state index contributed by atoms with van der Waals surface area (Å²) in [5.74, 6) is -0.709. The largest absolute Gasteiger partial charge is 0.493 e. The minimum atomic E-state index is -0.584. The van der Waals surface area contributed by atoms with Crippen LogP contribution in [0.1, 0.15) is 28.4 Å². The highest BCUT2D eigenvalue weighted by molar-refractivity contribution is 6.04. The fourth-order valence-electron chi connectivity index (χ4n) is 3.71. The lowest BCUT2D eigenvalue weighted by molar-refractivity contribution is -0.149. The van der Waals surface area contributed by atoms with Crippen molar-refractivity contribution >= 4 is 28.7 Å². The molecule has 1 atom stereocenters. The number of amides is 1. The number of nitrogens with zero attached hydrogens (tertiary/aromatic N) is 1. The zero-order valence-electron chi connectivity index (χ0n) is 17.0. The van der Waals surface area contributed by atoms with Crippen LogP contribution in [0.4, 0.5) is 0 Å². The summed E-state index contributed by atoms with van der Waals surface area (Å²) in [6, 6.07) is 14.5. The molecule has 0 saturated heterocycles. The van der Waals surface area contributed by atoms with Gasteiger partial charge in [-0.3, -0.25) is 9.59 Å². The highest BCUT2D eigenvalue weighted by atomic mass is 16.5. The van der Waals surface area contributed by atoms with Gasteiger partial charge in [0.1, 0.15) is 12.3 Å². The molecule has 31 heavy (non-hydrogen) atoms. The van der Waals surface area contributed by atoms with Crippen LogP contribution >= 0.6 is 0 Å². The van der Waals surface area contributed by atoms with Gasteiger partial charge in [0.25, 0.3) is 5.91 Å². The maximum absolute atomic E-state index is 12.3. The van der Waals surface area contributed by atoms with Crippen LogP contribution in [0.5, 0.6) is 5.75 Å². The molecule has 1 aliphatic rings. The van der Waals surface area contributed by atoms with Crippen molar-refractivity contribution in [3.8, 4) is 5.75 Å². The molecule has 2 aromatic carbocycles. The first-order valence-electron chi connectivity index (χ1n) is 9.89. The maximum Gasteiger partial charge on any atom is 0.340 e. The summed E-state index contributed by atoms with van der Waals surface area (Å²) < 4.78 is 17.2. The highest BCUT2D eigenvalue weighted by Gasteiger charge is 2.23. The van der Waals surface area contributed by atoms with Crippen LogP contribution in [0.2, 0.25) is 0 Å². The van der Waals surface area contributed by atoms with Crippen LogP contribution in [0.3, 0.4) is 0 Å². The summed E-state index contributed by atoms with van der Waals surface area (Å²) in [6.45, 7) is -0.0166. The second-order valence-electron chi connectivity index (χ2n) is 7.14. The SMILES string of the molecule is COC(=O)c1cn(CC(=O)OCC(=O)NC2CCOc3ccccc32)c2ccccc12. The smallest absolute Gasteiger partial charge is 0.340 e. The molecule has 1 aromatic heterocycles. The second kappa shape index (κ2) is 8.91. The Hall–Kier alpha value is -3.81. The lowest BCUT2D eigenvalue weighted by Gasteiger charge is -2.26. The van der Waals surface area contributed by atoms with Gasteiger partial charge in [-0.15, -0.1) is 0 Å². The number of para-hydroxylation sites is 2. The summed E-state index contributed by atoms with van der Waals surface area (Å²) >= 11 is 0. The predicted molar refractivity (Wildman–Crippen MR) is 112 cm³/mol. The molecule has 3 aromatic rings. The molecule has 0 spiro atoms. The first-order chi connectivity index (χ1) is 15.1. The number of ether oxygens (including phenoxy) is 3. The Bertz CT molecular complexity index is 1140. The minimum absolute atomic E-state index is 0.134.